The maximum absolute atomic E-state index is 12.4. The Labute approximate surface area is 118 Å². The van der Waals surface area contributed by atoms with Crippen LogP contribution in [0.1, 0.15) is 30.4 Å². The van der Waals surface area contributed by atoms with Gasteiger partial charge < -0.3 is 9.47 Å². The van der Waals surface area contributed by atoms with E-state index in [2.05, 4.69) is 21.2 Å². The van der Waals surface area contributed by atoms with E-state index in [4.69, 9.17) is 0 Å². The van der Waals surface area contributed by atoms with Crippen LogP contribution in [0.3, 0.4) is 0 Å². The summed E-state index contributed by atoms with van der Waals surface area (Å²) in [4.78, 5) is 36.2. The molecular weight excluding hydrogens is 314 g/mol. The Morgan fingerprint density at radius 2 is 1.89 bits per heavy atom. The van der Waals surface area contributed by atoms with Crippen molar-refractivity contribution in [3.8, 4) is 0 Å². The number of hydrogen-bond acceptors (Lipinski definition) is 3. The number of aromatic nitrogens is 1. The maximum Gasteiger partial charge on any atom is 0.271 e. The molecular formula is C12H14BrN3O3. The zero-order valence-electron chi connectivity index (χ0n) is 10.6. The highest BCUT2D eigenvalue weighted by Gasteiger charge is 2.29. The third kappa shape index (κ3) is 2.86. The van der Waals surface area contributed by atoms with Gasteiger partial charge in [-0.1, -0.05) is 0 Å². The summed E-state index contributed by atoms with van der Waals surface area (Å²) in [6.07, 6.45) is 1.81. The highest BCUT2D eigenvalue weighted by molar-refractivity contribution is 9.10. The van der Waals surface area contributed by atoms with Crippen LogP contribution in [-0.2, 0) is 9.59 Å². The van der Waals surface area contributed by atoms with Crippen molar-refractivity contribution < 1.29 is 14.4 Å². The lowest BCUT2D eigenvalue weighted by Crippen LogP contribution is -2.53. The number of rotatable bonds is 2. The van der Waals surface area contributed by atoms with Crippen molar-refractivity contribution in [2.24, 2.45) is 0 Å². The van der Waals surface area contributed by atoms with Crippen LogP contribution in [0.4, 0.5) is 0 Å². The number of nitrogens with zero attached hydrogens (tertiary/aromatic N) is 2. The Bertz CT molecular complexity index is 534. The smallest absolute Gasteiger partial charge is 0.271 e. The SMILES string of the molecule is CC(C)n1cc(Br)cc1C(=O)N1CC(=O)NC(=O)C1. The van der Waals surface area contributed by atoms with E-state index in [1.165, 1.54) is 4.90 Å². The molecule has 1 aromatic rings. The first-order valence-corrected chi connectivity index (χ1v) is 6.67. The lowest BCUT2D eigenvalue weighted by atomic mass is 10.2. The monoisotopic (exact) mass is 327 g/mol. The van der Waals surface area contributed by atoms with Crippen molar-refractivity contribution in [2.45, 2.75) is 19.9 Å². The highest BCUT2D eigenvalue weighted by Crippen LogP contribution is 2.21. The van der Waals surface area contributed by atoms with Crippen LogP contribution < -0.4 is 5.32 Å². The molecule has 2 heterocycles. The Morgan fingerprint density at radius 3 is 2.42 bits per heavy atom. The van der Waals surface area contributed by atoms with Crippen LogP contribution in [0.25, 0.3) is 0 Å². The van der Waals surface area contributed by atoms with Gasteiger partial charge in [0.1, 0.15) is 18.8 Å². The molecule has 6 nitrogen and oxygen atoms in total. The van der Waals surface area contributed by atoms with Crippen molar-refractivity contribution in [3.63, 3.8) is 0 Å². The quantitative estimate of drug-likeness (QED) is 0.821. The van der Waals surface area contributed by atoms with E-state index < -0.39 is 11.8 Å². The molecule has 0 atom stereocenters. The predicted molar refractivity (Wildman–Crippen MR) is 71.6 cm³/mol. The molecule has 0 unspecified atom stereocenters. The highest BCUT2D eigenvalue weighted by atomic mass is 79.9. The molecule has 0 bridgehead atoms. The molecule has 7 heteroatoms. The van der Waals surface area contributed by atoms with E-state index in [9.17, 15) is 14.4 Å². The summed E-state index contributed by atoms with van der Waals surface area (Å²) in [5, 5.41) is 2.17. The molecule has 0 spiro atoms. The van der Waals surface area contributed by atoms with Crippen molar-refractivity contribution >= 4 is 33.7 Å². The number of nitrogens with one attached hydrogen (secondary N) is 1. The molecule has 102 valence electrons. The molecule has 2 rings (SSSR count). The van der Waals surface area contributed by atoms with E-state index in [0.717, 1.165) is 4.47 Å². The molecule has 0 saturated carbocycles. The van der Waals surface area contributed by atoms with Crippen molar-refractivity contribution in [2.75, 3.05) is 13.1 Å². The van der Waals surface area contributed by atoms with Crippen molar-refractivity contribution in [1.29, 1.82) is 0 Å². The Morgan fingerprint density at radius 1 is 1.32 bits per heavy atom. The molecule has 0 radical (unpaired) electrons. The third-order valence-corrected chi connectivity index (χ3v) is 3.26. The van der Waals surface area contributed by atoms with E-state index in [-0.39, 0.29) is 25.0 Å². The number of halogens is 1. The first-order chi connectivity index (χ1) is 8.88. The van der Waals surface area contributed by atoms with Crippen LogP contribution in [0.15, 0.2) is 16.7 Å². The van der Waals surface area contributed by atoms with E-state index in [1.54, 1.807) is 6.07 Å². The molecule has 0 aromatic carbocycles. The Kier molecular flexibility index (Phi) is 3.75. The number of piperazine rings is 1. The average Bonchev–Trinajstić information content (AvgIpc) is 2.69. The zero-order chi connectivity index (χ0) is 14.2. The second-order valence-corrected chi connectivity index (χ2v) is 5.59. The van der Waals surface area contributed by atoms with Crippen LogP contribution >= 0.6 is 15.9 Å². The molecule has 1 saturated heterocycles. The summed E-state index contributed by atoms with van der Waals surface area (Å²) >= 11 is 3.33. The van der Waals surface area contributed by atoms with Crippen molar-refractivity contribution in [1.82, 2.24) is 14.8 Å². The van der Waals surface area contributed by atoms with Crippen molar-refractivity contribution in [3.05, 3.63) is 22.4 Å². The summed E-state index contributed by atoms with van der Waals surface area (Å²) in [5.74, 6) is -1.22. The fraction of sp³-hybridized carbons (Fsp3) is 0.417. The summed E-state index contributed by atoms with van der Waals surface area (Å²) in [6.45, 7) is 3.73. The number of amides is 3. The standard InChI is InChI=1S/C12H14BrN3O3/c1-7(2)16-4-8(13)3-9(16)12(19)15-5-10(17)14-11(18)6-15/h3-4,7H,5-6H2,1-2H3,(H,14,17,18). The van der Waals surface area contributed by atoms with Gasteiger partial charge in [-0.15, -0.1) is 0 Å². The third-order valence-electron chi connectivity index (χ3n) is 2.83. The summed E-state index contributed by atoms with van der Waals surface area (Å²) in [5.41, 5.74) is 0.462. The van der Waals surface area contributed by atoms with E-state index >= 15 is 0 Å². The van der Waals surface area contributed by atoms with E-state index in [1.807, 2.05) is 24.6 Å². The van der Waals surface area contributed by atoms with Gasteiger partial charge >= 0.3 is 0 Å². The largest absolute Gasteiger partial charge is 0.340 e. The van der Waals surface area contributed by atoms with Gasteiger partial charge in [-0.05, 0) is 35.8 Å². The summed E-state index contributed by atoms with van der Waals surface area (Å²) in [6, 6.07) is 1.80. The van der Waals surface area contributed by atoms with Gasteiger partial charge in [0.2, 0.25) is 11.8 Å². The molecule has 1 aliphatic rings. The van der Waals surface area contributed by atoms with Gasteiger partial charge in [0, 0.05) is 16.7 Å². The van der Waals surface area contributed by atoms with E-state index in [0.29, 0.717) is 5.69 Å². The predicted octanol–water partition coefficient (Wildman–Crippen LogP) is 0.930. The molecule has 1 N–H and O–H groups in total. The lowest BCUT2D eigenvalue weighted by Gasteiger charge is -2.26. The lowest BCUT2D eigenvalue weighted by molar-refractivity contribution is -0.135. The van der Waals surface area contributed by atoms with Gasteiger partial charge in [0.25, 0.3) is 5.91 Å². The number of carbonyl (C=O) groups excluding carboxylic acids is 3. The van der Waals surface area contributed by atoms with Crippen LogP contribution in [0.2, 0.25) is 0 Å². The fourth-order valence-electron chi connectivity index (χ4n) is 1.99. The van der Waals surface area contributed by atoms with Gasteiger partial charge in [-0.2, -0.15) is 0 Å². The number of hydrogen-bond donors (Lipinski definition) is 1. The normalized spacial score (nSPS) is 15.9. The van der Waals surface area contributed by atoms with Crippen LogP contribution in [-0.4, -0.2) is 40.3 Å². The molecule has 1 aromatic heterocycles. The Balaban J connectivity index is 2.29. The number of carbonyl (C=O) groups is 3. The molecule has 1 fully saturated rings. The summed E-state index contributed by atoms with van der Waals surface area (Å²) in [7, 11) is 0. The topological polar surface area (TPSA) is 71.4 Å². The maximum atomic E-state index is 12.4. The first kappa shape index (κ1) is 13.8. The average molecular weight is 328 g/mol. The second kappa shape index (κ2) is 5.16. The van der Waals surface area contributed by atoms with Crippen LogP contribution in [0, 0.1) is 0 Å². The molecule has 3 amide bonds. The number of imide groups is 1. The first-order valence-electron chi connectivity index (χ1n) is 5.88. The van der Waals surface area contributed by atoms with Gasteiger partial charge in [0.05, 0.1) is 0 Å². The van der Waals surface area contributed by atoms with Gasteiger partial charge in [-0.25, -0.2) is 0 Å². The van der Waals surface area contributed by atoms with Gasteiger partial charge in [-0.3, -0.25) is 19.7 Å². The molecule has 1 aliphatic heterocycles. The zero-order valence-corrected chi connectivity index (χ0v) is 12.2. The molecule has 0 aliphatic carbocycles. The minimum atomic E-state index is -0.452. The van der Waals surface area contributed by atoms with Gasteiger partial charge in [0.15, 0.2) is 0 Å². The molecule has 19 heavy (non-hydrogen) atoms. The Hall–Kier alpha value is -1.63. The fourth-order valence-corrected chi connectivity index (χ4v) is 2.42. The van der Waals surface area contributed by atoms with Crippen LogP contribution in [0.5, 0.6) is 0 Å². The minimum Gasteiger partial charge on any atom is -0.340 e. The second-order valence-electron chi connectivity index (χ2n) is 4.68. The summed E-state index contributed by atoms with van der Waals surface area (Å²) < 4.78 is 2.60. The minimum absolute atomic E-state index is 0.0918.